The normalized spacial score (nSPS) is 17.6. The molecule has 1 saturated heterocycles. The first-order valence-electron chi connectivity index (χ1n) is 10.4. The van der Waals surface area contributed by atoms with Gasteiger partial charge in [0, 0.05) is 50.7 Å². The van der Waals surface area contributed by atoms with Gasteiger partial charge in [-0.15, -0.1) is 24.0 Å². The Labute approximate surface area is 201 Å². The van der Waals surface area contributed by atoms with Gasteiger partial charge in [-0.3, -0.25) is 9.67 Å². The van der Waals surface area contributed by atoms with E-state index in [0.717, 1.165) is 56.6 Å². The maximum absolute atomic E-state index is 6.30. The summed E-state index contributed by atoms with van der Waals surface area (Å²) in [4.78, 5) is 11.5. The Morgan fingerprint density at radius 1 is 1.40 bits per heavy atom. The fourth-order valence-electron chi connectivity index (χ4n) is 3.65. The SMILES string of the molecule is CCNC(=NCC(C)Cn1nc(C)cc1C)NC1CCN(c2ncccc2Cl)C1.I. The Bertz CT molecular complexity index is 839. The summed E-state index contributed by atoms with van der Waals surface area (Å²) in [6.07, 6.45) is 2.82. The van der Waals surface area contributed by atoms with Crippen molar-refractivity contribution in [3.8, 4) is 0 Å². The lowest BCUT2D eigenvalue weighted by Crippen LogP contribution is -2.45. The van der Waals surface area contributed by atoms with Crippen molar-refractivity contribution in [2.24, 2.45) is 10.9 Å². The Morgan fingerprint density at radius 2 is 2.20 bits per heavy atom. The first-order chi connectivity index (χ1) is 14.0. The minimum Gasteiger partial charge on any atom is -0.357 e. The average Bonchev–Trinajstić information content (AvgIpc) is 3.26. The predicted molar refractivity (Wildman–Crippen MR) is 135 cm³/mol. The van der Waals surface area contributed by atoms with Gasteiger partial charge in [0.25, 0.3) is 0 Å². The van der Waals surface area contributed by atoms with Gasteiger partial charge in [0.1, 0.15) is 5.82 Å². The Morgan fingerprint density at radius 3 is 2.87 bits per heavy atom. The molecule has 2 N–H and O–H groups in total. The first-order valence-corrected chi connectivity index (χ1v) is 10.8. The molecule has 3 heterocycles. The van der Waals surface area contributed by atoms with Crippen LogP contribution >= 0.6 is 35.6 Å². The summed E-state index contributed by atoms with van der Waals surface area (Å²) in [6.45, 7) is 12.7. The van der Waals surface area contributed by atoms with E-state index in [9.17, 15) is 0 Å². The van der Waals surface area contributed by atoms with Gasteiger partial charge in [0.15, 0.2) is 5.96 Å². The number of aryl methyl sites for hydroxylation is 2. The van der Waals surface area contributed by atoms with Crippen LogP contribution in [0.4, 0.5) is 5.82 Å². The van der Waals surface area contributed by atoms with E-state index in [4.69, 9.17) is 16.6 Å². The summed E-state index contributed by atoms with van der Waals surface area (Å²) in [5.74, 6) is 2.13. The van der Waals surface area contributed by atoms with Crippen LogP contribution in [0.5, 0.6) is 0 Å². The topological polar surface area (TPSA) is 70.4 Å². The maximum atomic E-state index is 6.30. The molecule has 0 amide bonds. The number of aromatic nitrogens is 3. The van der Waals surface area contributed by atoms with Crippen molar-refractivity contribution in [1.29, 1.82) is 0 Å². The lowest BCUT2D eigenvalue weighted by molar-refractivity contribution is 0.449. The number of nitrogens with zero attached hydrogens (tertiary/aromatic N) is 5. The second-order valence-electron chi connectivity index (χ2n) is 7.82. The summed E-state index contributed by atoms with van der Waals surface area (Å²) in [6, 6.07) is 6.18. The lowest BCUT2D eigenvalue weighted by Gasteiger charge is -2.20. The molecule has 0 aliphatic carbocycles. The zero-order valence-corrected chi connectivity index (χ0v) is 21.3. The zero-order valence-electron chi connectivity index (χ0n) is 18.2. The van der Waals surface area contributed by atoms with E-state index in [1.54, 1.807) is 6.20 Å². The molecule has 0 saturated carbocycles. The van der Waals surface area contributed by atoms with Crippen LogP contribution in [-0.4, -0.2) is 52.9 Å². The highest BCUT2D eigenvalue weighted by atomic mass is 127. The maximum Gasteiger partial charge on any atom is 0.191 e. The molecule has 2 aromatic rings. The minimum atomic E-state index is 0. The van der Waals surface area contributed by atoms with Crippen LogP contribution in [0.15, 0.2) is 29.4 Å². The average molecular weight is 546 g/mol. The highest BCUT2D eigenvalue weighted by Gasteiger charge is 2.25. The van der Waals surface area contributed by atoms with Crippen LogP contribution in [-0.2, 0) is 6.54 Å². The summed E-state index contributed by atoms with van der Waals surface area (Å²) in [5, 5.41) is 12.2. The quantitative estimate of drug-likeness (QED) is 0.316. The van der Waals surface area contributed by atoms with Crippen LogP contribution in [0.1, 0.15) is 31.7 Å². The van der Waals surface area contributed by atoms with E-state index in [0.29, 0.717) is 17.0 Å². The van der Waals surface area contributed by atoms with E-state index >= 15 is 0 Å². The van der Waals surface area contributed by atoms with Crippen LogP contribution < -0.4 is 15.5 Å². The number of rotatable bonds is 7. The molecule has 3 rings (SSSR count). The second kappa shape index (κ2) is 11.7. The third-order valence-corrected chi connectivity index (χ3v) is 5.36. The number of anilines is 1. The molecule has 2 aromatic heterocycles. The van der Waals surface area contributed by atoms with Crippen molar-refractivity contribution in [1.82, 2.24) is 25.4 Å². The molecule has 2 unspecified atom stereocenters. The molecule has 30 heavy (non-hydrogen) atoms. The largest absolute Gasteiger partial charge is 0.357 e. The Kier molecular flexibility index (Phi) is 9.67. The van der Waals surface area contributed by atoms with Crippen LogP contribution in [0.3, 0.4) is 0 Å². The molecular weight excluding hydrogens is 513 g/mol. The fourth-order valence-corrected chi connectivity index (χ4v) is 3.89. The monoisotopic (exact) mass is 545 g/mol. The first kappa shape index (κ1) is 24.7. The number of pyridine rings is 1. The Balaban J connectivity index is 0.00000320. The molecule has 9 heteroatoms. The van der Waals surface area contributed by atoms with Crippen molar-refractivity contribution in [3.05, 3.63) is 40.8 Å². The van der Waals surface area contributed by atoms with Crippen molar-refractivity contribution in [2.45, 2.75) is 46.7 Å². The molecule has 0 spiro atoms. The van der Waals surface area contributed by atoms with E-state index in [1.165, 1.54) is 5.69 Å². The van der Waals surface area contributed by atoms with Gasteiger partial charge < -0.3 is 15.5 Å². The van der Waals surface area contributed by atoms with Crippen molar-refractivity contribution < 1.29 is 0 Å². The molecule has 0 bridgehead atoms. The third kappa shape index (κ3) is 6.73. The highest BCUT2D eigenvalue weighted by molar-refractivity contribution is 14.0. The standard InChI is InChI=1S/C21H32ClN7.HI/c1-5-23-21(25-12-15(2)13-29-17(4)11-16(3)27-29)26-18-8-10-28(14-18)20-19(22)7-6-9-24-20;/h6-7,9,11,15,18H,5,8,10,12-14H2,1-4H3,(H2,23,25,26);1H. The van der Waals surface area contributed by atoms with Crippen molar-refractivity contribution >= 4 is 47.4 Å². The van der Waals surface area contributed by atoms with E-state index < -0.39 is 0 Å². The fraction of sp³-hybridized carbons (Fsp3) is 0.571. The summed E-state index contributed by atoms with van der Waals surface area (Å²) < 4.78 is 2.07. The summed E-state index contributed by atoms with van der Waals surface area (Å²) in [7, 11) is 0. The van der Waals surface area contributed by atoms with Gasteiger partial charge in [-0.25, -0.2) is 4.98 Å². The van der Waals surface area contributed by atoms with E-state index in [2.05, 4.69) is 57.1 Å². The molecule has 1 fully saturated rings. The van der Waals surface area contributed by atoms with Crippen LogP contribution in [0.2, 0.25) is 5.02 Å². The molecule has 2 atom stereocenters. The predicted octanol–water partition coefficient (Wildman–Crippen LogP) is 3.64. The number of halogens is 2. The summed E-state index contributed by atoms with van der Waals surface area (Å²) >= 11 is 6.30. The minimum absolute atomic E-state index is 0. The highest BCUT2D eigenvalue weighted by Crippen LogP contribution is 2.25. The molecule has 0 aromatic carbocycles. The zero-order chi connectivity index (χ0) is 20.8. The van der Waals surface area contributed by atoms with Gasteiger partial charge in [0.2, 0.25) is 0 Å². The molecular formula is C21H33ClIN7. The Hall–Kier alpha value is -1.55. The summed E-state index contributed by atoms with van der Waals surface area (Å²) in [5.41, 5.74) is 2.26. The number of hydrogen-bond donors (Lipinski definition) is 2. The van der Waals surface area contributed by atoms with Crippen LogP contribution in [0, 0.1) is 19.8 Å². The van der Waals surface area contributed by atoms with Gasteiger partial charge in [-0.05, 0) is 51.3 Å². The lowest BCUT2D eigenvalue weighted by atomic mass is 10.2. The third-order valence-electron chi connectivity index (χ3n) is 5.06. The van der Waals surface area contributed by atoms with Gasteiger partial charge in [-0.2, -0.15) is 5.10 Å². The number of guanidine groups is 1. The molecule has 0 radical (unpaired) electrons. The molecule has 7 nitrogen and oxygen atoms in total. The second-order valence-corrected chi connectivity index (χ2v) is 8.23. The van der Waals surface area contributed by atoms with Gasteiger partial charge >= 0.3 is 0 Å². The number of nitrogens with one attached hydrogen (secondary N) is 2. The molecule has 1 aliphatic rings. The number of hydrogen-bond acceptors (Lipinski definition) is 4. The van der Waals surface area contributed by atoms with E-state index in [-0.39, 0.29) is 24.0 Å². The van der Waals surface area contributed by atoms with Crippen LogP contribution in [0.25, 0.3) is 0 Å². The van der Waals surface area contributed by atoms with Crippen molar-refractivity contribution in [2.75, 3.05) is 31.1 Å². The van der Waals surface area contributed by atoms with Crippen molar-refractivity contribution in [3.63, 3.8) is 0 Å². The van der Waals surface area contributed by atoms with E-state index in [1.807, 2.05) is 19.1 Å². The number of aliphatic imine (C=N–C) groups is 1. The van der Waals surface area contributed by atoms with Gasteiger partial charge in [0.05, 0.1) is 10.7 Å². The smallest absolute Gasteiger partial charge is 0.191 e. The molecule has 1 aliphatic heterocycles. The van der Waals surface area contributed by atoms with Gasteiger partial charge in [-0.1, -0.05) is 18.5 Å². The molecule has 166 valence electrons.